The van der Waals surface area contributed by atoms with Crippen molar-refractivity contribution in [2.24, 2.45) is 0 Å². The van der Waals surface area contributed by atoms with Gasteiger partial charge in [-0.3, -0.25) is 4.79 Å². The Morgan fingerprint density at radius 3 is 2.58 bits per heavy atom. The Kier molecular flexibility index (Phi) is 3.42. The smallest absolute Gasteiger partial charge is 0.255 e. The van der Waals surface area contributed by atoms with Gasteiger partial charge in [0.25, 0.3) is 5.91 Å². The molecule has 0 bridgehead atoms. The van der Waals surface area contributed by atoms with Crippen LogP contribution >= 0.6 is 0 Å². The molecule has 4 nitrogen and oxygen atoms in total. The van der Waals surface area contributed by atoms with Crippen molar-refractivity contribution in [3.05, 3.63) is 53.1 Å². The van der Waals surface area contributed by atoms with Crippen molar-refractivity contribution in [3.8, 4) is 5.75 Å². The standard InChI is InChI=1S/C15H16N2O2/c1-9-6-10(2)14(8-13(9)16)17-15(19)11-4-3-5-12(18)7-11/h3-8,18H,16H2,1-2H3,(H,17,19). The molecule has 0 aliphatic rings. The van der Waals surface area contributed by atoms with Crippen molar-refractivity contribution in [1.82, 2.24) is 0 Å². The fourth-order valence-corrected chi connectivity index (χ4v) is 1.85. The molecule has 0 fully saturated rings. The number of carbonyl (C=O) groups excluding carboxylic acids is 1. The quantitative estimate of drug-likeness (QED) is 0.723. The largest absolute Gasteiger partial charge is 0.508 e. The zero-order chi connectivity index (χ0) is 14.0. The number of aryl methyl sites for hydroxylation is 2. The Labute approximate surface area is 111 Å². The third-order valence-corrected chi connectivity index (χ3v) is 2.97. The highest BCUT2D eigenvalue weighted by molar-refractivity contribution is 6.05. The zero-order valence-electron chi connectivity index (χ0n) is 10.9. The van der Waals surface area contributed by atoms with Crippen molar-refractivity contribution in [3.63, 3.8) is 0 Å². The van der Waals surface area contributed by atoms with Gasteiger partial charge in [0.2, 0.25) is 0 Å². The van der Waals surface area contributed by atoms with Gasteiger partial charge >= 0.3 is 0 Å². The van der Waals surface area contributed by atoms with Gasteiger partial charge in [0.1, 0.15) is 5.75 Å². The fourth-order valence-electron chi connectivity index (χ4n) is 1.85. The molecule has 1 amide bonds. The zero-order valence-corrected chi connectivity index (χ0v) is 10.9. The first-order chi connectivity index (χ1) is 8.97. The van der Waals surface area contributed by atoms with Gasteiger partial charge in [-0.15, -0.1) is 0 Å². The monoisotopic (exact) mass is 256 g/mol. The Hall–Kier alpha value is -2.49. The molecule has 0 radical (unpaired) electrons. The summed E-state index contributed by atoms with van der Waals surface area (Å²) >= 11 is 0. The van der Waals surface area contributed by atoms with E-state index in [0.29, 0.717) is 16.9 Å². The number of anilines is 2. The molecule has 2 aromatic rings. The second-order valence-corrected chi connectivity index (χ2v) is 4.53. The fraction of sp³-hybridized carbons (Fsp3) is 0.133. The summed E-state index contributed by atoms with van der Waals surface area (Å²) in [7, 11) is 0. The molecule has 0 spiro atoms. The van der Waals surface area contributed by atoms with E-state index in [-0.39, 0.29) is 11.7 Å². The number of nitrogens with one attached hydrogen (secondary N) is 1. The average molecular weight is 256 g/mol. The minimum Gasteiger partial charge on any atom is -0.508 e. The lowest BCUT2D eigenvalue weighted by Crippen LogP contribution is -2.13. The molecule has 0 aliphatic carbocycles. The number of rotatable bonds is 2. The van der Waals surface area contributed by atoms with E-state index < -0.39 is 0 Å². The van der Waals surface area contributed by atoms with Gasteiger partial charge in [-0.2, -0.15) is 0 Å². The van der Waals surface area contributed by atoms with E-state index in [2.05, 4.69) is 5.32 Å². The molecule has 4 N–H and O–H groups in total. The van der Waals surface area contributed by atoms with Crippen LogP contribution in [-0.2, 0) is 0 Å². The number of carbonyl (C=O) groups is 1. The molecule has 2 aromatic carbocycles. The molecule has 19 heavy (non-hydrogen) atoms. The topological polar surface area (TPSA) is 75.3 Å². The lowest BCUT2D eigenvalue weighted by molar-refractivity contribution is 0.102. The van der Waals surface area contributed by atoms with Crippen LogP contribution in [0.15, 0.2) is 36.4 Å². The molecule has 0 saturated heterocycles. The van der Waals surface area contributed by atoms with Crippen molar-refractivity contribution < 1.29 is 9.90 Å². The predicted molar refractivity (Wildman–Crippen MR) is 76.4 cm³/mol. The third-order valence-electron chi connectivity index (χ3n) is 2.97. The van der Waals surface area contributed by atoms with Gasteiger partial charge in [-0.25, -0.2) is 0 Å². The second kappa shape index (κ2) is 5.02. The summed E-state index contributed by atoms with van der Waals surface area (Å²) in [6.45, 7) is 3.83. The molecule has 4 heteroatoms. The number of aromatic hydroxyl groups is 1. The normalized spacial score (nSPS) is 10.2. The predicted octanol–water partition coefficient (Wildman–Crippen LogP) is 2.84. The van der Waals surface area contributed by atoms with Gasteiger partial charge in [0, 0.05) is 16.9 Å². The third kappa shape index (κ3) is 2.85. The summed E-state index contributed by atoms with van der Waals surface area (Å²) in [5.74, 6) is -0.213. The first kappa shape index (κ1) is 13.0. The Morgan fingerprint density at radius 2 is 1.89 bits per heavy atom. The summed E-state index contributed by atoms with van der Waals surface area (Å²) in [6, 6.07) is 9.87. The number of hydrogen-bond acceptors (Lipinski definition) is 3. The van der Waals surface area contributed by atoms with E-state index in [1.165, 1.54) is 12.1 Å². The van der Waals surface area contributed by atoms with Crippen LogP contribution in [0.1, 0.15) is 21.5 Å². The van der Waals surface area contributed by atoms with Crippen molar-refractivity contribution in [1.29, 1.82) is 0 Å². The average Bonchev–Trinajstić information content (AvgIpc) is 2.36. The van der Waals surface area contributed by atoms with E-state index in [4.69, 9.17) is 5.73 Å². The van der Waals surface area contributed by atoms with Crippen molar-refractivity contribution in [2.45, 2.75) is 13.8 Å². The van der Waals surface area contributed by atoms with Gasteiger partial charge in [0.15, 0.2) is 0 Å². The molecule has 0 atom stereocenters. The van der Waals surface area contributed by atoms with Crippen LogP contribution in [0.25, 0.3) is 0 Å². The van der Waals surface area contributed by atoms with Gasteiger partial charge < -0.3 is 16.2 Å². The van der Waals surface area contributed by atoms with E-state index >= 15 is 0 Å². The lowest BCUT2D eigenvalue weighted by atomic mass is 10.1. The molecule has 0 saturated carbocycles. The second-order valence-electron chi connectivity index (χ2n) is 4.53. The number of amides is 1. The van der Waals surface area contributed by atoms with Crippen LogP contribution in [0, 0.1) is 13.8 Å². The maximum Gasteiger partial charge on any atom is 0.255 e. The summed E-state index contributed by atoms with van der Waals surface area (Å²) in [5.41, 5.74) is 9.48. The highest BCUT2D eigenvalue weighted by Gasteiger charge is 2.09. The van der Waals surface area contributed by atoms with Crippen LogP contribution < -0.4 is 11.1 Å². The summed E-state index contributed by atoms with van der Waals surface area (Å²) in [4.78, 5) is 12.1. The van der Waals surface area contributed by atoms with Crippen LogP contribution in [0.3, 0.4) is 0 Å². The first-order valence-electron chi connectivity index (χ1n) is 5.94. The highest BCUT2D eigenvalue weighted by atomic mass is 16.3. The maximum atomic E-state index is 12.1. The summed E-state index contributed by atoms with van der Waals surface area (Å²) < 4.78 is 0. The van der Waals surface area contributed by atoms with E-state index in [1.54, 1.807) is 18.2 Å². The van der Waals surface area contributed by atoms with E-state index in [9.17, 15) is 9.90 Å². The number of nitrogen functional groups attached to an aromatic ring is 1. The number of nitrogens with two attached hydrogens (primary N) is 1. The lowest BCUT2D eigenvalue weighted by Gasteiger charge is -2.11. The molecule has 0 aromatic heterocycles. The first-order valence-corrected chi connectivity index (χ1v) is 5.94. The Balaban J connectivity index is 2.27. The number of hydrogen-bond donors (Lipinski definition) is 3. The highest BCUT2D eigenvalue weighted by Crippen LogP contribution is 2.23. The molecule has 98 valence electrons. The maximum absolute atomic E-state index is 12.1. The van der Waals surface area contributed by atoms with Gasteiger partial charge in [0.05, 0.1) is 0 Å². The van der Waals surface area contributed by atoms with Gasteiger partial charge in [-0.1, -0.05) is 12.1 Å². The molecule has 0 heterocycles. The number of phenols is 1. The van der Waals surface area contributed by atoms with Crippen molar-refractivity contribution >= 4 is 17.3 Å². The van der Waals surface area contributed by atoms with E-state index in [1.807, 2.05) is 19.9 Å². The van der Waals surface area contributed by atoms with Gasteiger partial charge in [-0.05, 0) is 49.2 Å². The summed E-state index contributed by atoms with van der Waals surface area (Å²) in [5, 5.41) is 12.2. The molecule has 0 aliphatic heterocycles. The van der Waals surface area contributed by atoms with Crippen molar-refractivity contribution in [2.75, 3.05) is 11.1 Å². The van der Waals surface area contributed by atoms with Crippen LogP contribution in [0.2, 0.25) is 0 Å². The van der Waals surface area contributed by atoms with Crippen LogP contribution in [-0.4, -0.2) is 11.0 Å². The Morgan fingerprint density at radius 1 is 1.16 bits per heavy atom. The van der Waals surface area contributed by atoms with Crippen LogP contribution in [0.5, 0.6) is 5.75 Å². The SMILES string of the molecule is Cc1cc(C)c(NC(=O)c2cccc(O)c2)cc1N. The van der Waals surface area contributed by atoms with E-state index in [0.717, 1.165) is 11.1 Å². The minimum atomic E-state index is -0.276. The molecule has 2 rings (SSSR count). The van der Waals surface area contributed by atoms with Crippen LogP contribution in [0.4, 0.5) is 11.4 Å². The number of benzene rings is 2. The number of phenolic OH excluding ortho intramolecular Hbond substituents is 1. The molecule has 0 unspecified atom stereocenters. The molecular weight excluding hydrogens is 240 g/mol. The summed E-state index contributed by atoms with van der Waals surface area (Å²) in [6.07, 6.45) is 0. The Bertz CT molecular complexity index is 636. The minimum absolute atomic E-state index is 0.0628. The molecular formula is C15H16N2O2.